The summed E-state index contributed by atoms with van der Waals surface area (Å²) in [5, 5.41) is 28.4. The fraction of sp³-hybridized carbons (Fsp3) is 0.115. The highest BCUT2D eigenvalue weighted by Crippen LogP contribution is 2.36. The highest BCUT2D eigenvalue weighted by atomic mass is 16.4. The summed E-state index contributed by atoms with van der Waals surface area (Å²) < 4.78 is 0. The monoisotopic (exact) mass is 400 g/mol. The summed E-state index contributed by atoms with van der Waals surface area (Å²) >= 11 is 0. The first-order valence-corrected chi connectivity index (χ1v) is 9.81. The molecule has 0 unspecified atom stereocenters. The van der Waals surface area contributed by atoms with E-state index in [1.807, 2.05) is 48.5 Å². The third-order valence-electron chi connectivity index (χ3n) is 4.77. The Balaban J connectivity index is 2.24. The third kappa shape index (κ3) is 5.17. The van der Waals surface area contributed by atoms with Crippen LogP contribution in [0.3, 0.4) is 0 Å². The van der Waals surface area contributed by atoms with Crippen molar-refractivity contribution in [2.24, 2.45) is 0 Å². The molecule has 0 heterocycles. The van der Waals surface area contributed by atoms with Crippen LogP contribution in [0.25, 0.3) is 17.2 Å². The Morgan fingerprint density at radius 3 is 1.90 bits per heavy atom. The lowest BCUT2D eigenvalue weighted by atomic mass is 9.87. The van der Waals surface area contributed by atoms with Crippen LogP contribution in [-0.2, 0) is 4.79 Å². The Hall–Kier alpha value is -3.79. The number of aromatic hydroxyl groups is 2. The number of aliphatic carboxylic acids is 1. The number of allylic oxidation sites excluding steroid dienone is 1. The predicted molar refractivity (Wildman–Crippen MR) is 120 cm³/mol. The van der Waals surface area contributed by atoms with E-state index in [9.17, 15) is 15.0 Å². The molecular weight excluding hydrogens is 376 g/mol. The largest absolute Gasteiger partial charge is 0.508 e. The van der Waals surface area contributed by atoms with E-state index in [0.29, 0.717) is 0 Å². The maximum Gasteiger partial charge on any atom is 0.328 e. The summed E-state index contributed by atoms with van der Waals surface area (Å²) in [4.78, 5) is 10.9. The van der Waals surface area contributed by atoms with Gasteiger partial charge < -0.3 is 15.3 Å². The van der Waals surface area contributed by atoms with E-state index < -0.39 is 5.97 Å². The van der Waals surface area contributed by atoms with Gasteiger partial charge in [-0.3, -0.25) is 0 Å². The first-order chi connectivity index (χ1) is 14.5. The average Bonchev–Trinajstić information content (AvgIpc) is 2.74. The van der Waals surface area contributed by atoms with Gasteiger partial charge in [0.25, 0.3) is 0 Å². The fourth-order valence-corrected chi connectivity index (χ4v) is 3.43. The molecule has 0 amide bonds. The molecule has 4 nitrogen and oxygen atoms in total. The second-order valence-electron chi connectivity index (χ2n) is 6.99. The molecule has 0 aliphatic carbocycles. The summed E-state index contributed by atoms with van der Waals surface area (Å²) in [5.74, 6) is -0.595. The zero-order valence-corrected chi connectivity index (χ0v) is 16.7. The molecule has 0 aliphatic heterocycles. The first kappa shape index (κ1) is 20.9. The highest BCUT2D eigenvalue weighted by Gasteiger charge is 2.14. The van der Waals surface area contributed by atoms with Gasteiger partial charge in [0.1, 0.15) is 11.5 Å². The Bertz CT molecular complexity index is 1030. The van der Waals surface area contributed by atoms with Crippen molar-refractivity contribution in [2.75, 3.05) is 0 Å². The van der Waals surface area contributed by atoms with Gasteiger partial charge >= 0.3 is 5.97 Å². The van der Waals surface area contributed by atoms with Crippen molar-refractivity contribution in [2.45, 2.75) is 19.8 Å². The molecule has 0 aliphatic rings. The van der Waals surface area contributed by atoms with Crippen molar-refractivity contribution in [3.63, 3.8) is 0 Å². The zero-order chi connectivity index (χ0) is 21.5. The summed E-state index contributed by atoms with van der Waals surface area (Å²) in [5.41, 5.74) is 5.83. The van der Waals surface area contributed by atoms with Crippen LogP contribution >= 0.6 is 0 Å². The van der Waals surface area contributed by atoms with E-state index >= 15 is 0 Å². The van der Waals surface area contributed by atoms with E-state index in [1.165, 1.54) is 0 Å². The van der Waals surface area contributed by atoms with Gasteiger partial charge in [-0.1, -0.05) is 55.8 Å². The number of carboxylic acids is 1. The molecule has 0 spiro atoms. The second kappa shape index (κ2) is 9.61. The number of hydrogen-bond donors (Lipinski definition) is 3. The minimum atomic E-state index is -0.987. The van der Waals surface area contributed by atoms with Crippen LogP contribution in [0.15, 0.2) is 78.9 Å². The molecule has 0 atom stereocenters. The van der Waals surface area contributed by atoms with Crippen molar-refractivity contribution in [1.29, 1.82) is 0 Å². The van der Waals surface area contributed by atoms with Crippen molar-refractivity contribution >= 4 is 23.2 Å². The quantitative estimate of drug-likeness (QED) is 0.338. The van der Waals surface area contributed by atoms with Crippen LogP contribution in [0.1, 0.15) is 42.0 Å². The molecule has 0 saturated carbocycles. The normalized spacial score (nSPS) is 10.8. The van der Waals surface area contributed by atoms with Crippen LogP contribution in [-0.4, -0.2) is 21.3 Å². The van der Waals surface area contributed by atoms with Crippen LogP contribution in [0.5, 0.6) is 11.5 Å². The number of rotatable bonds is 7. The molecule has 3 aromatic rings. The Morgan fingerprint density at radius 1 is 0.833 bits per heavy atom. The van der Waals surface area contributed by atoms with E-state index in [4.69, 9.17) is 5.11 Å². The van der Waals surface area contributed by atoms with E-state index in [2.05, 4.69) is 6.92 Å². The standard InChI is InChI=1S/C26H24O4/c1-2-4-24(21-6-3-5-18(17-21)7-16-25(29)30)26(19-8-12-22(27)13-9-19)20-10-14-23(28)15-11-20/h3,5-17,27-28H,2,4H2,1H3,(H,29,30). The molecule has 0 fully saturated rings. The molecule has 0 aromatic heterocycles. The number of hydrogen-bond acceptors (Lipinski definition) is 3. The summed E-state index contributed by atoms with van der Waals surface area (Å²) in [7, 11) is 0. The Morgan fingerprint density at radius 2 is 1.40 bits per heavy atom. The minimum Gasteiger partial charge on any atom is -0.508 e. The van der Waals surface area contributed by atoms with Gasteiger partial charge in [0.05, 0.1) is 0 Å². The summed E-state index contributed by atoms with van der Waals surface area (Å²) in [6, 6.07) is 21.9. The van der Waals surface area contributed by atoms with Crippen molar-refractivity contribution in [1.82, 2.24) is 0 Å². The number of benzene rings is 3. The zero-order valence-electron chi connectivity index (χ0n) is 16.7. The van der Waals surface area contributed by atoms with Gasteiger partial charge in [-0.25, -0.2) is 4.79 Å². The maximum absolute atomic E-state index is 10.9. The molecule has 0 radical (unpaired) electrons. The molecule has 0 bridgehead atoms. The van der Waals surface area contributed by atoms with Crippen LogP contribution in [0.2, 0.25) is 0 Å². The van der Waals surface area contributed by atoms with Crippen molar-refractivity contribution in [3.8, 4) is 11.5 Å². The summed E-state index contributed by atoms with van der Waals surface area (Å²) in [6.45, 7) is 2.11. The molecule has 3 aromatic carbocycles. The third-order valence-corrected chi connectivity index (χ3v) is 4.77. The molecule has 4 heteroatoms. The minimum absolute atomic E-state index is 0.196. The smallest absolute Gasteiger partial charge is 0.328 e. The lowest BCUT2D eigenvalue weighted by Crippen LogP contribution is -1.96. The van der Waals surface area contributed by atoms with Crippen molar-refractivity contribution < 1.29 is 20.1 Å². The van der Waals surface area contributed by atoms with E-state index in [0.717, 1.165) is 52.3 Å². The number of carbonyl (C=O) groups is 1. The molecule has 0 saturated heterocycles. The van der Waals surface area contributed by atoms with E-state index in [1.54, 1.807) is 30.3 Å². The number of phenols is 2. The maximum atomic E-state index is 10.9. The molecule has 152 valence electrons. The Labute approximate surface area is 176 Å². The predicted octanol–water partition coefficient (Wildman–Crippen LogP) is 5.95. The van der Waals surface area contributed by atoms with Crippen LogP contribution < -0.4 is 0 Å². The first-order valence-electron chi connectivity index (χ1n) is 9.81. The van der Waals surface area contributed by atoms with Gasteiger partial charge in [0.15, 0.2) is 0 Å². The fourth-order valence-electron chi connectivity index (χ4n) is 3.43. The second-order valence-corrected chi connectivity index (χ2v) is 6.99. The van der Waals surface area contributed by atoms with Crippen LogP contribution in [0, 0.1) is 0 Å². The van der Waals surface area contributed by atoms with Gasteiger partial charge in [-0.05, 0) is 76.2 Å². The van der Waals surface area contributed by atoms with Gasteiger partial charge in [-0.2, -0.15) is 0 Å². The van der Waals surface area contributed by atoms with Crippen LogP contribution in [0.4, 0.5) is 0 Å². The average molecular weight is 400 g/mol. The van der Waals surface area contributed by atoms with Gasteiger partial charge in [0.2, 0.25) is 0 Å². The topological polar surface area (TPSA) is 77.8 Å². The molecule has 3 N–H and O–H groups in total. The highest BCUT2D eigenvalue weighted by molar-refractivity contribution is 5.99. The molecule has 3 rings (SSSR count). The van der Waals surface area contributed by atoms with Gasteiger partial charge in [0, 0.05) is 6.08 Å². The SMILES string of the molecule is CCCC(=C(c1ccc(O)cc1)c1ccc(O)cc1)c1cccc(C=CC(=O)O)c1. The Kier molecular flexibility index (Phi) is 6.71. The number of phenolic OH excluding ortho intramolecular Hbond substituents is 2. The molecule has 30 heavy (non-hydrogen) atoms. The lowest BCUT2D eigenvalue weighted by molar-refractivity contribution is -0.131. The van der Waals surface area contributed by atoms with Gasteiger partial charge in [-0.15, -0.1) is 0 Å². The van der Waals surface area contributed by atoms with E-state index in [-0.39, 0.29) is 11.5 Å². The lowest BCUT2D eigenvalue weighted by Gasteiger charge is -2.18. The number of carboxylic acid groups (broad SMARTS) is 1. The van der Waals surface area contributed by atoms with Crippen molar-refractivity contribution in [3.05, 3.63) is 101 Å². The summed E-state index contributed by atoms with van der Waals surface area (Å²) in [6.07, 6.45) is 4.44. The molecular formula is C26H24O4.